The summed E-state index contributed by atoms with van der Waals surface area (Å²) in [6.07, 6.45) is 2.69. The van der Waals surface area contributed by atoms with E-state index in [1.54, 1.807) is 59.4 Å². The number of H-pyrrole nitrogens is 1. The number of carbonyl (C=O) groups is 1. The fourth-order valence-electron chi connectivity index (χ4n) is 4.56. The molecule has 11 heteroatoms. The molecule has 6 rings (SSSR count). The Bertz CT molecular complexity index is 1540. The van der Waals surface area contributed by atoms with Crippen LogP contribution in [0.4, 0.5) is 8.78 Å². The third kappa shape index (κ3) is 3.04. The van der Waals surface area contributed by atoms with Gasteiger partial charge in [0.25, 0.3) is 12.3 Å². The Morgan fingerprint density at radius 2 is 2.15 bits per heavy atom. The summed E-state index contributed by atoms with van der Waals surface area (Å²) >= 11 is 0. The molecule has 1 aliphatic rings. The fraction of sp³-hybridized carbons (Fsp3) is 0.217. The molecule has 5 aromatic heterocycles. The number of fused-ring (bicyclic) bond motifs is 3. The van der Waals surface area contributed by atoms with E-state index in [0.29, 0.717) is 46.7 Å². The molecule has 1 atom stereocenters. The molecule has 9 nitrogen and oxygen atoms in total. The number of pyridine rings is 2. The summed E-state index contributed by atoms with van der Waals surface area (Å²) in [7, 11) is 1.56. The molecule has 1 N–H and O–H groups in total. The van der Waals surface area contributed by atoms with Crippen molar-refractivity contribution in [2.24, 2.45) is 0 Å². The summed E-state index contributed by atoms with van der Waals surface area (Å²) in [6.45, 7) is 0.405. The Hall–Kier alpha value is -4.28. The van der Waals surface area contributed by atoms with E-state index in [0.717, 1.165) is 5.69 Å². The number of hydrogen-bond donors (Lipinski definition) is 1. The molecule has 0 saturated heterocycles. The van der Waals surface area contributed by atoms with Crippen molar-refractivity contribution >= 4 is 16.9 Å². The average molecular weight is 463 g/mol. The van der Waals surface area contributed by atoms with E-state index in [-0.39, 0.29) is 11.6 Å². The van der Waals surface area contributed by atoms with Crippen LogP contribution in [0.2, 0.25) is 0 Å². The predicted octanol–water partition coefficient (Wildman–Crippen LogP) is 3.44. The number of hydrogen-bond acceptors (Lipinski definition) is 5. The highest BCUT2D eigenvalue weighted by Crippen LogP contribution is 2.35. The molecule has 0 fully saturated rings. The molecule has 0 radical (unpaired) electrons. The highest BCUT2D eigenvalue weighted by Gasteiger charge is 2.37. The average Bonchev–Trinajstić information content (AvgIpc) is 3.59. The van der Waals surface area contributed by atoms with Gasteiger partial charge in [0.2, 0.25) is 0 Å². The van der Waals surface area contributed by atoms with Gasteiger partial charge in [0.15, 0.2) is 0 Å². The Morgan fingerprint density at radius 1 is 1.26 bits per heavy atom. The van der Waals surface area contributed by atoms with Crippen LogP contribution in [0.15, 0.2) is 55.1 Å². The van der Waals surface area contributed by atoms with Crippen molar-refractivity contribution < 1.29 is 18.3 Å². The Labute approximate surface area is 191 Å². The van der Waals surface area contributed by atoms with Crippen molar-refractivity contribution in [2.75, 3.05) is 13.7 Å². The summed E-state index contributed by atoms with van der Waals surface area (Å²) in [5.41, 5.74) is 3.37. The van der Waals surface area contributed by atoms with Gasteiger partial charge >= 0.3 is 0 Å². The second kappa shape index (κ2) is 7.65. The smallest absolute Gasteiger partial charge is 0.280 e. The monoisotopic (exact) mass is 463 g/mol. The van der Waals surface area contributed by atoms with Crippen molar-refractivity contribution in [3.63, 3.8) is 0 Å². The van der Waals surface area contributed by atoms with Crippen molar-refractivity contribution in [3.8, 4) is 5.75 Å². The van der Waals surface area contributed by atoms with Gasteiger partial charge in [0.05, 0.1) is 53.8 Å². The molecule has 172 valence electrons. The number of rotatable bonds is 4. The first kappa shape index (κ1) is 20.3. The van der Waals surface area contributed by atoms with Gasteiger partial charge in [0.1, 0.15) is 17.5 Å². The van der Waals surface area contributed by atoms with E-state index in [1.807, 2.05) is 0 Å². The van der Waals surface area contributed by atoms with E-state index >= 15 is 0 Å². The number of methoxy groups -OCH3 is 1. The van der Waals surface area contributed by atoms with Crippen molar-refractivity contribution in [2.45, 2.75) is 18.9 Å². The number of carbonyl (C=O) groups excluding carboxylic acids is 1. The fourth-order valence-corrected chi connectivity index (χ4v) is 4.56. The van der Waals surface area contributed by atoms with Gasteiger partial charge in [0, 0.05) is 18.7 Å². The van der Waals surface area contributed by atoms with Gasteiger partial charge in [-0.1, -0.05) is 6.07 Å². The normalized spacial score (nSPS) is 15.9. The lowest BCUT2D eigenvalue weighted by molar-refractivity contribution is 0.0688. The van der Waals surface area contributed by atoms with Crippen LogP contribution in [0.3, 0.4) is 0 Å². The van der Waals surface area contributed by atoms with E-state index in [2.05, 4.69) is 20.2 Å². The molecule has 1 amide bonds. The molecule has 0 aromatic carbocycles. The molecular formula is C23H19F2N7O2. The molecular weight excluding hydrogens is 444 g/mol. The molecule has 5 aromatic rings. The van der Waals surface area contributed by atoms with Crippen LogP contribution >= 0.6 is 0 Å². The quantitative estimate of drug-likeness (QED) is 0.441. The molecule has 1 aliphatic heterocycles. The Balaban J connectivity index is 1.47. The van der Waals surface area contributed by atoms with Crippen LogP contribution < -0.4 is 4.74 Å². The first-order chi connectivity index (χ1) is 16.5. The largest absolute Gasteiger partial charge is 0.495 e. The summed E-state index contributed by atoms with van der Waals surface area (Å²) < 4.78 is 35.2. The maximum absolute atomic E-state index is 13.8. The van der Waals surface area contributed by atoms with Crippen LogP contribution in [0.25, 0.3) is 11.0 Å². The lowest BCUT2D eigenvalue weighted by atomic mass is 9.98. The van der Waals surface area contributed by atoms with Gasteiger partial charge in [-0.3, -0.25) is 4.79 Å². The zero-order valence-corrected chi connectivity index (χ0v) is 18.0. The van der Waals surface area contributed by atoms with Gasteiger partial charge in [-0.15, -0.1) is 0 Å². The van der Waals surface area contributed by atoms with E-state index in [4.69, 9.17) is 4.74 Å². The lowest BCUT2D eigenvalue weighted by Crippen LogP contribution is -2.41. The second-order valence-electron chi connectivity index (χ2n) is 8.03. The van der Waals surface area contributed by atoms with Gasteiger partial charge in [-0.05, 0) is 30.3 Å². The predicted molar refractivity (Wildman–Crippen MR) is 117 cm³/mol. The van der Waals surface area contributed by atoms with E-state index in [1.165, 1.54) is 16.8 Å². The molecule has 6 heterocycles. The molecule has 0 aliphatic carbocycles. The maximum atomic E-state index is 13.8. The van der Waals surface area contributed by atoms with Crippen LogP contribution in [-0.2, 0) is 6.42 Å². The lowest BCUT2D eigenvalue weighted by Gasteiger charge is -2.33. The van der Waals surface area contributed by atoms with Crippen LogP contribution in [0.1, 0.15) is 45.6 Å². The van der Waals surface area contributed by atoms with Crippen molar-refractivity contribution in [3.05, 3.63) is 83.5 Å². The first-order valence-corrected chi connectivity index (χ1v) is 10.7. The number of aromatic nitrogens is 6. The van der Waals surface area contributed by atoms with Crippen LogP contribution in [0, 0.1) is 0 Å². The topological polar surface area (TPSA) is 92.8 Å². The van der Waals surface area contributed by atoms with E-state index < -0.39 is 12.5 Å². The minimum atomic E-state index is -2.68. The zero-order valence-electron chi connectivity index (χ0n) is 18.0. The minimum Gasteiger partial charge on any atom is -0.495 e. The Morgan fingerprint density at radius 3 is 2.97 bits per heavy atom. The van der Waals surface area contributed by atoms with Gasteiger partial charge in [-0.2, -0.15) is 10.2 Å². The maximum Gasteiger partial charge on any atom is 0.280 e. The minimum absolute atomic E-state index is 0.212. The number of halogens is 2. The number of alkyl halides is 2. The SMILES string of the molecule is COc1ccc2c(C(=O)N3CCc4[nH]cnc4C3c3cc4cccc(C(F)F)n4n3)cnn2c1. The van der Waals surface area contributed by atoms with Crippen molar-refractivity contribution in [1.29, 1.82) is 0 Å². The standard InChI is InChI=1S/C23H19F2N7O2/c1-34-14-5-6-18-15(10-28-31(18)11-14)23(33)30-8-7-16-20(27-12-26-16)21(30)17-9-13-3-2-4-19(22(24)25)32(13)29-17/h2-6,9-12,21-22H,7-8H2,1H3,(H,26,27). The first-order valence-electron chi connectivity index (χ1n) is 10.7. The number of aromatic amines is 1. The van der Waals surface area contributed by atoms with Crippen molar-refractivity contribution in [1.82, 2.24) is 34.1 Å². The third-order valence-electron chi connectivity index (χ3n) is 6.18. The number of amides is 1. The summed E-state index contributed by atoms with van der Waals surface area (Å²) in [6, 6.07) is 9.24. The van der Waals surface area contributed by atoms with Gasteiger partial charge in [-0.25, -0.2) is 22.8 Å². The molecule has 1 unspecified atom stereocenters. The highest BCUT2D eigenvalue weighted by molar-refractivity contribution is 6.01. The summed E-state index contributed by atoms with van der Waals surface area (Å²) in [4.78, 5) is 23.0. The molecule has 0 saturated carbocycles. The summed E-state index contributed by atoms with van der Waals surface area (Å²) in [5.74, 6) is 0.371. The number of nitrogens with zero attached hydrogens (tertiary/aromatic N) is 6. The molecule has 0 spiro atoms. The molecule has 34 heavy (non-hydrogen) atoms. The number of ether oxygens (including phenoxy) is 1. The number of imidazole rings is 1. The second-order valence-corrected chi connectivity index (χ2v) is 8.03. The highest BCUT2D eigenvalue weighted by atomic mass is 19.3. The third-order valence-corrected chi connectivity index (χ3v) is 6.18. The zero-order chi connectivity index (χ0) is 23.4. The Kier molecular flexibility index (Phi) is 4.57. The van der Waals surface area contributed by atoms with Crippen LogP contribution in [-0.4, -0.2) is 53.7 Å². The number of nitrogens with one attached hydrogen (secondary N) is 1. The molecule has 0 bridgehead atoms. The summed E-state index contributed by atoms with van der Waals surface area (Å²) in [5, 5.41) is 8.79. The van der Waals surface area contributed by atoms with Gasteiger partial charge < -0.3 is 14.6 Å². The van der Waals surface area contributed by atoms with Crippen LogP contribution in [0.5, 0.6) is 5.75 Å². The van der Waals surface area contributed by atoms with E-state index in [9.17, 15) is 13.6 Å².